The normalized spacial score (nSPS) is 14.3. The fourth-order valence-electron chi connectivity index (χ4n) is 4.94. The molecule has 0 N–H and O–H groups in total. The highest BCUT2D eigenvalue weighted by Gasteiger charge is 2.41. The molecule has 5 nitrogen and oxygen atoms in total. The summed E-state index contributed by atoms with van der Waals surface area (Å²) in [7, 11) is 0. The zero-order valence-corrected chi connectivity index (χ0v) is 23.6. The van der Waals surface area contributed by atoms with Crippen LogP contribution in [0.2, 0.25) is 0 Å². The lowest BCUT2D eigenvalue weighted by Gasteiger charge is -2.36. The summed E-state index contributed by atoms with van der Waals surface area (Å²) in [6.07, 6.45) is 1.70. The Balaban J connectivity index is 1.61. The second-order valence-electron chi connectivity index (χ2n) is 10.8. The van der Waals surface area contributed by atoms with Gasteiger partial charge in [0.15, 0.2) is 5.11 Å². The molecule has 0 unspecified atom stereocenters. The number of hydrogen-bond donors (Lipinski definition) is 0. The number of para-hydroxylation sites is 2. The van der Waals surface area contributed by atoms with E-state index in [-0.39, 0.29) is 16.1 Å². The first-order valence-electron chi connectivity index (χ1n) is 12.9. The average Bonchev–Trinajstić information content (AvgIpc) is 3.19. The molecule has 2 heterocycles. The van der Waals surface area contributed by atoms with E-state index in [9.17, 15) is 9.59 Å². The number of thiocarbonyl (C=S) groups is 1. The van der Waals surface area contributed by atoms with Crippen LogP contribution in [-0.4, -0.2) is 21.5 Å². The van der Waals surface area contributed by atoms with Gasteiger partial charge in [0.25, 0.3) is 11.8 Å². The zero-order valence-electron chi connectivity index (χ0n) is 22.8. The fraction of sp³-hybridized carbons (Fsp3) is 0.182. The molecular weight excluding hydrogens is 502 g/mol. The first-order valence-corrected chi connectivity index (χ1v) is 13.3. The summed E-state index contributed by atoms with van der Waals surface area (Å²) >= 11 is 5.71. The molecule has 1 aliphatic rings. The molecule has 0 bridgehead atoms. The monoisotopic (exact) mass is 533 g/mol. The number of carbonyl (C=O) groups is 2. The van der Waals surface area contributed by atoms with Crippen LogP contribution >= 0.6 is 12.2 Å². The molecule has 0 atom stereocenters. The Morgan fingerprint density at radius 2 is 1.18 bits per heavy atom. The van der Waals surface area contributed by atoms with Gasteiger partial charge in [0.2, 0.25) is 0 Å². The quantitative estimate of drug-likeness (QED) is 0.159. The number of aryl methyl sites for hydroxylation is 1. The SMILES string of the molecule is Cc1cc(C=C2C(=O)N(c3ccccc3)C(=S)N(c3ccccc3)C2=O)c(C)n1-c1ccc(C(C)(C)C)cc1. The molecule has 196 valence electrons. The van der Waals surface area contributed by atoms with Crippen molar-refractivity contribution in [3.63, 3.8) is 0 Å². The van der Waals surface area contributed by atoms with E-state index in [1.807, 2.05) is 80.6 Å². The minimum atomic E-state index is -0.442. The van der Waals surface area contributed by atoms with Crippen LogP contribution in [0.15, 0.2) is 96.6 Å². The van der Waals surface area contributed by atoms with Crippen molar-refractivity contribution in [1.29, 1.82) is 0 Å². The van der Waals surface area contributed by atoms with Gasteiger partial charge in [-0.1, -0.05) is 69.3 Å². The summed E-state index contributed by atoms with van der Waals surface area (Å²) in [5.74, 6) is -0.884. The van der Waals surface area contributed by atoms with E-state index in [0.29, 0.717) is 11.4 Å². The second-order valence-corrected chi connectivity index (χ2v) is 11.1. The van der Waals surface area contributed by atoms with Crippen LogP contribution in [0.1, 0.15) is 43.3 Å². The number of amides is 2. The van der Waals surface area contributed by atoms with Crippen LogP contribution in [0.5, 0.6) is 0 Å². The van der Waals surface area contributed by atoms with Crippen molar-refractivity contribution >= 4 is 46.6 Å². The third-order valence-electron chi connectivity index (χ3n) is 7.04. The minimum absolute atomic E-state index is 0.0552. The fourth-order valence-corrected chi connectivity index (χ4v) is 5.31. The van der Waals surface area contributed by atoms with Gasteiger partial charge >= 0.3 is 0 Å². The molecule has 0 spiro atoms. The summed E-state index contributed by atoms with van der Waals surface area (Å²) in [5.41, 5.74) is 6.37. The van der Waals surface area contributed by atoms with E-state index < -0.39 is 11.8 Å². The number of hydrogen-bond acceptors (Lipinski definition) is 3. The molecule has 3 aromatic carbocycles. The molecule has 1 fully saturated rings. The van der Waals surface area contributed by atoms with E-state index in [4.69, 9.17) is 12.2 Å². The predicted molar refractivity (Wildman–Crippen MR) is 162 cm³/mol. The molecule has 0 saturated carbocycles. The molecule has 0 radical (unpaired) electrons. The molecule has 1 saturated heterocycles. The van der Waals surface area contributed by atoms with Gasteiger partial charge in [0.1, 0.15) is 5.57 Å². The van der Waals surface area contributed by atoms with Gasteiger partial charge in [0.05, 0.1) is 11.4 Å². The van der Waals surface area contributed by atoms with Crippen molar-refractivity contribution in [3.8, 4) is 5.69 Å². The van der Waals surface area contributed by atoms with Crippen molar-refractivity contribution in [2.45, 2.75) is 40.0 Å². The Kier molecular flexibility index (Phi) is 6.83. The highest BCUT2D eigenvalue weighted by atomic mass is 32.1. The second kappa shape index (κ2) is 10.1. The third-order valence-corrected chi connectivity index (χ3v) is 7.41. The predicted octanol–water partition coefficient (Wildman–Crippen LogP) is 7.14. The number of carbonyl (C=O) groups excluding carboxylic acids is 2. The van der Waals surface area contributed by atoms with E-state index in [1.165, 1.54) is 15.4 Å². The third kappa shape index (κ3) is 4.84. The summed E-state index contributed by atoms with van der Waals surface area (Å²) in [6.45, 7) is 10.6. The number of rotatable bonds is 4. The largest absolute Gasteiger partial charge is 0.318 e. The van der Waals surface area contributed by atoms with E-state index in [2.05, 4.69) is 49.6 Å². The van der Waals surface area contributed by atoms with Crippen LogP contribution in [0.3, 0.4) is 0 Å². The molecule has 39 heavy (non-hydrogen) atoms. The molecule has 2 amide bonds. The van der Waals surface area contributed by atoms with Crippen molar-refractivity contribution in [3.05, 3.63) is 119 Å². The molecule has 4 aromatic rings. The minimum Gasteiger partial charge on any atom is -0.318 e. The maximum Gasteiger partial charge on any atom is 0.270 e. The Bertz CT molecular complexity index is 1530. The van der Waals surface area contributed by atoms with Crippen LogP contribution in [0, 0.1) is 13.8 Å². The summed E-state index contributed by atoms with van der Waals surface area (Å²) < 4.78 is 2.14. The van der Waals surface area contributed by atoms with Gasteiger partial charge in [-0.3, -0.25) is 19.4 Å². The smallest absolute Gasteiger partial charge is 0.270 e. The molecule has 6 heteroatoms. The van der Waals surface area contributed by atoms with Gasteiger partial charge in [0, 0.05) is 17.1 Å². The maximum atomic E-state index is 13.8. The lowest BCUT2D eigenvalue weighted by molar-refractivity contribution is -0.120. The van der Waals surface area contributed by atoms with Crippen molar-refractivity contribution in [2.24, 2.45) is 0 Å². The highest BCUT2D eigenvalue weighted by molar-refractivity contribution is 7.81. The van der Waals surface area contributed by atoms with Gasteiger partial charge in [-0.25, -0.2) is 0 Å². The van der Waals surface area contributed by atoms with Crippen molar-refractivity contribution < 1.29 is 9.59 Å². The van der Waals surface area contributed by atoms with E-state index in [1.54, 1.807) is 6.08 Å². The average molecular weight is 534 g/mol. The highest BCUT2D eigenvalue weighted by Crippen LogP contribution is 2.31. The molecule has 5 rings (SSSR count). The van der Waals surface area contributed by atoms with E-state index >= 15 is 0 Å². The summed E-state index contributed by atoms with van der Waals surface area (Å²) in [6, 6.07) is 28.9. The summed E-state index contributed by atoms with van der Waals surface area (Å²) in [4.78, 5) is 30.6. The number of anilines is 2. The van der Waals surface area contributed by atoms with Crippen LogP contribution in [0.25, 0.3) is 11.8 Å². The zero-order chi connectivity index (χ0) is 27.9. The Morgan fingerprint density at radius 1 is 0.692 bits per heavy atom. The lowest BCUT2D eigenvalue weighted by atomic mass is 9.87. The van der Waals surface area contributed by atoms with Gasteiger partial charge in [-0.05, 0) is 91.1 Å². The Morgan fingerprint density at radius 3 is 1.64 bits per heavy atom. The van der Waals surface area contributed by atoms with Gasteiger partial charge < -0.3 is 4.57 Å². The van der Waals surface area contributed by atoms with Crippen LogP contribution in [-0.2, 0) is 15.0 Å². The maximum absolute atomic E-state index is 13.8. The first kappa shape index (κ1) is 26.3. The number of aromatic nitrogens is 1. The standard InChI is InChI=1S/C33H31N3O2S/c1-22-20-24(23(2)34(22)28-18-16-25(17-19-28)33(3,4)5)21-29-30(37)35(26-12-8-6-9-13-26)32(39)36(31(29)38)27-14-10-7-11-15-27/h6-21H,1-5H3. The van der Waals surface area contributed by atoms with Gasteiger partial charge in [-0.2, -0.15) is 0 Å². The summed E-state index contributed by atoms with van der Waals surface area (Å²) in [5, 5.41) is 0.129. The lowest BCUT2D eigenvalue weighted by Crippen LogP contribution is -2.56. The van der Waals surface area contributed by atoms with Crippen molar-refractivity contribution in [2.75, 3.05) is 9.80 Å². The van der Waals surface area contributed by atoms with Crippen LogP contribution in [0.4, 0.5) is 11.4 Å². The Hall–Kier alpha value is -4.29. The number of benzene rings is 3. The molecule has 1 aliphatic heterocycles. The van der Waals surface area contributed by atoms with E-state index in [0.717, 1.165) is 22.6 Å². The topological polar surface area (TPSA) is 45.6 Å². The molecular formula is C33H31N3O2S. The van der Waals surface area contributed by atoms with Crippen LogP contribution < -0.4 is 9.80 Å². The number of nitrogens with zero attached hydrogens (tertiary/aromatic N) is 3. The van der Waals surface area contributed by atoms with Gasteiger partial charge in [-0.15, -0.1) is 0 Å². The molecule has 1 aromatic heterocycles. The molecule has 0 aliphatic carbocycles. The van der Waals surface area contributed by atoms with Crippen molar-refractivity contribution in [1.82, 2.24) is 4.57 Å². The Labute approximate surface area is 235 Å². The first-order chi connectivity index (χ1) is 18.6.